The summed E-state index contributed by atoms with van der Waals surface area (Å²) in [6.07, 6.45) is -1.15. The number of nitrogens with one attached hydrogen (secondary N) is 2. The van der Waals surface area contributed by atoms with E-state index in [4.69, 9.17) is 4.74 Å². The van der Waals surface area contributed by atoms with Gasteiger partial charge in [-0.25, -0.2) is 4.39 Å². The van der Waals surface area contributed by atoms with Gasteiger partial charge in [-0.3, -0.25) is 4.79 Å². The topological polar surface area (TPSA) is 70.6 Å². The first kappa shape index (κ1) is 14.9. The van der Waals surface area contributed by atoms with Crippen molar-refractivity contribution in [2.75, 3.05) is 19.7 Å². The van der Waals surface area contributed by atoms with E-state index in [0.29, 0.717) is 18.7 Å². The first-order valence-electron chi connectivity index (χ1n) is 6.64. The molecule has 1 unspecified atom stereocenters. The average Bonchev–Trinajstić information content (AvgIpc) is 2.45. The van der Waals surface area contributed by atoms with Gasteiger partial charge < -0.3 is 20.5 Å². The van der Waals surface area contributed by atoms with Crippen LogP contribution in [-0.2, 0) is 9.53 Å². The number of ether oxygens (including phenoxy) is 1. The number of aliphatic hydroxyl groups excluding tert-OH is 1. The molecule has 1 aromatic carbocycles. The molecule has 3 N–H and O–H groups in total. The molecule has 0 radical (unpaired) electrons. The Labute approximate surface area is 117 Å². The maximum atomic E-state index is 13.0. The SMILES string of the molecule is C[C@H]1OCCN[C@@H]1C(=O)NCC(O)c1cccc(F)c1. The lowest BCUT2D eigenvalue weighted by Crippen LogP contribution is -2.55. The molecule has 0 saturated carbocycles. The normalized spacial score (nSPS) is 24.1. The predicted octanol–water partition coefficient (Wildman–Crippen LogP) is 0.352. The summed E-state index contributed by atoms with van der Waals surface area (Å²) in [4.78, 5) is 12.0. The van der Waals surface area contributed by atoms with E-state index in [2.05, 4.69) is 10.6 Å². The summed E-state index contributed by atoms with van der Waals surface area (Å²) in [5.41, 5.74) is 0.436. The lowest BCUT2D eigenvalue weighted by Gasteiger charge is -2.29. The van der Waals surface area contributed by atoms with Gasteiger partial charge in [0.2, 0.25) is 5.91 Å². The minimum Gasteiger partial charge on any atom is -0.387 e. The Balaban J connectivity index is 1.86. The van der Waals surface area contributed by atoms with Crippen molar-refractivity contribution in [2.45, 2.75) is 25.2 Å². The van der Waals surface area contributed by atoms with Crippen molar-refractivity contribution < 1.29 is 19.0 Å². The monoisotopic (exact) mass is 282 g/mol. The first-order chi connectivity index (χ1) is 9.58. The van der Waals surface area contributed by atoms with Crippen LogP contribution in [0.1, 0.15) is 18.6 Å². The molecule has 1 saturated heterocycles. The molecule has 1 fully saturated rings. The lowest BCUT2D eigenvalue weighted by atomic mass is 10.1. The summed E-state index contributed by atoms with van der Waals surface area (Å²) in [5.74, 6) is -0.642. The van der Waals surface area contributed by atoms with Crippen LogP contribution in [0.4, 0.5) is 4.39 Å². The van der Waals surface area contributed by atoms with E-state index in [1.54, 1.807) is 6.07 Å². The summed E-state index contributed by atoms with van der Waals surface area (Å²) >= 11 is 0. The lowest BCUT2D eigenvalue weighted by molar-refractivity contribution is -0.129. The Bertz CT molecular complexity index is 469. The first-order valence-corrected chi connectivity index (χ1v) is 6.64. The number of morpholine rings is 1. The van der Waals surface area contributed by atoms with Gasteiger partial charge in [-0.2, -0.15) is 0 Å². The molecule has 6 heteroatoms. The number of benzene rings is 1. The Hall–Kier alpha value is -1.50. The van der Waals surface area contributed by atoms with Gasteiger partial charge in [-0.15, -0.1) is 0 Å². The number of hydrogen-bond acceptors (Lipinski definition) is 4. The largest absolute Gasteiger partial charge is 0.387 e. The third-order valence-electron chi connectivity index (χ3n) is 3.30. The molecular formula is C14H19FN2O3. The summed E-state index contributed by atoms with van der Waals surface area (Å²) in [7, 11) is 0. The number of aliphatic hydroxyl groups is 1. The van der Waals surface area contributed by atoms with Gasteiger partial charge in [0.05, 0.1) is 18.8 Å². The molecule has 1 aromatic rings. The Morgan fingerprint density at radius 2 is 2.45 bits per heavy atom. The summed E-state index contributed by atoms with van der Waals surface area (Å²) in [6.45, 7) is 3.05. The molecule has 0 aliphatic carbocycles. The minimum absolute atomic E-state index is 0.0349. The van der Waals surface area contributed by atoms with E-state index in [9.17, 15) is 14.3 Å². The average molecular weight is 282 g/mol. The highest BCUT2D eigenvalue weighted by Gasteiger charge is 2.28. The zero-order valence-corrected chi connectivity index (χ0v) is 11.3. The molecule has 20 heavy (non-hydrogen) atoms. The van der Waals surface area contributed by atoms with Gasteiger partial charge in [0.15, 0.2) is 0 Å². The molecule has 0 bridgehead atoms. The molecule has 1 heterocycles. The predicted molar refractivity (Wildman–Crippen MR) is 71.6 cm³/mol. The number of carbonyl (C=O) groups excluding carboxylic acids is 1. The van der Waals surface area contributed by atoms with Gasteiger partial charge in [0.1, 0.15) is 11.9 Å². The van der Waals surface area contributed by atoms with E-state index in [-0.39, 0.29) is 18.6 Å². The molecule has 1 amide bonds. The second-order valence-corrected chi connectivity index (χ2v) is 4.82. The van der Waals surface area contributed by atoms with E-state index in [1.165, 1.54) is 18.2 Å². The van der Waals surface area contributed by atoms with Gasteiger partial charge >= 0.3 is 0 Å². The number of rotatable bonds is 4. The van der Waals surface area contributed by atoms with E-state index < -0.39 is 18.0 Å². The van der Waals surface area contributed by atoms with Gasteiger partial charge in [-0.05, 0) is 24.6 Å². The standard InChI is InChI=1S/C14H19FN2O3/c1-9-13(16-5-6-20-9)14(19)17-8-12(18)10-3-2-4-11(15)7-10/h2-4,7,9,12-13,16,18H,5-6,8H2,1H3,(H,17,19)/t9-,12?,13+/m1/s1. The summed E-state index contributed by atoms with van der Waals surface area (Å²) < 4.78 is 18.4. The van der Waals surface area contributed by atoms with E-state index in [0.717, 1.165) is 0 Å². The second kappa shape index (κ2) is 6.78. The zero-order valence-electron chi connectivity index (χ0n) is 11.3. The Morgan fingerprint density at radius 3 is 3.15 bits per heavy atom. The van der Waals surface area contributed by atoms with Crippen LogP contribution >= 0.6 is 0 Å². The molecule has 1 aliphatic rings. The van der Waals surface area contributed by atoms with Gasteiger partial charge in [0, 0.05) is 13.1 Å². The van der Waals surface area contributed by atoms with Crippen molar-refractivity contribution in [2.24, 2.45) is 0 Å². The molecule has 1 aliphatic heterocycles. The number of halogens is 1. The zero-order chi connectivity index (χ0) is 14.5. The Kier molecular flexibility index (Phi) is 5.05. The molecule has 2 rings (SSSR count). The van der Waals surface area contributed by atoms with Crippen LogP contribution in [0.2, 0.25) is 0 Å². The van der Waals surface area contributed by atoms with Crippen LogP contribution in [0.5, 0.6) is 0 Å². The number of hydrogen-bond donors (Lipinski definition) is 3. The highest BCUT2D eigenvalue weighted by atomic mass is 19.1. The fraction of sp³-hybridized carbons (Fsp3) is 0.500. The highest BCUT2D eigenvalue weighted by Crippen LogP contribution is 2.13. The van der Waals surface area contributed by atoms with Crippen LogP contribution in [0.3, 0.4) is 0 Å². The fourth-order valence-corrected chi connectivity index (χ4v) is 2.17. The number of amides is 1. The van der Waals surface area contributed by atoms with Crippen molar-refractivity contribution in [3.05, 3.63) is 35.6 Å². The van der Waals surface area contributed by atoms with Crippen LogP contribution in [0, 0.1) is 5.82 Å². The van der Waals surface area contributed by atoms with E-state index >= 15 is 0 Å². The van der Waals surface area contributed by atoms with Gasteiger partial charge in [-0.1, -0.05) is 12.1 Å². The number of carbonyl (C=O) groups is 1. The third-order valence-corrected chi connectivity index (χ3v) is 3.30. The van der Waals surface area contributed by atoms with E-state index in [1.807, 2.05) is 6.92 Å². The molecular weight excluding hydrogens is 263 g/mol. The molecule has 0 aromatic heterocycles. The fourth-order valence-electron chi connectivity index (χ4n) is 2.17. The Morgan fingerprint density at radius 1 is 1.65 bits per heavy atom. The smallest absolute Gasteiger partial charge is 0.239 e. The third kappa shape index (κ3) is 3.75. The quantitative estimate of drug-likeness (QED) is 0.745. The molecule has 110 valence electrons. The van der Waals surface area contributed by atoms with Crippen LogP contribution in [0.15, 0.2) is 24.3 Å². The summed E-state index contributed by atoms with van der Waals surface area (Å²) in [5, 5.41) is 15.6. The van der Waals surface area contributed by atoms with Crippen LogP contribution < -0.4 is 10.6 Å². The van der Waals surface area contributed by atoms with Crippen molar-refractivity contribution >= 4 is 5.91 Å². The maximum Gasteiger partial charge on any atom is 0.239 e. The molecule has 5 nitrogen and oxygen atoms in total. The minimum atomic E-state index is -0.936. The maximum absolute atomic E-state index is 13.0. The van der Waals surface area contributed by atoms with Crippen molar-refractivity contribution in [3.63, 3.8) is 0 Å². The van der Waals surface area contributed by atoms with Crippen molar-refractivity contribution in [1.29, 1.82) is 0 Å². The summed E-state index contributed by atoms with van der Waals surface area (Å²) in [6, 6.07) is 5.27. The van der Waals surface area contributed by atoms with Crippen LogP contribution in [0.25, 0.3) is 0 Å². The highest BCUT2D eigenvalue weighted by molar-refractivity contribution is 5.82. The second-order valence-electron chi connectivity index (χ2n) is 4.82. The van der Waals surface area contributed by atoms with Crippen molar-refractivity contribution in [1.82, 2.24) is 10.6 Å². The van der Waals surface area contributed by atoms with Crippen LogP contribution in [-0.4, -0.2) is 42.9 Å². The molecule has 0 spiro atoms. The molecule has 3 atom stereocenters. The van der Waals surface area contributed by atoms with Gasteiger partial charge in [0.25, 0.3) is 0 Å². The van der Waals surface area contributed by atoms with Crippen molar-refractivity contribution in [3.8, 4) is 0 Å².